The average Bonchev–Trinajstić information content (AvgIpc) is 2.17. The van der Waals surface area contributed by atoms with E-state index in [2.05, 4.69) is 0 Å². The van der Waals surface area contributed by atoms with Gasteiger partial charge in [-0.1, -0.05) is 13.8 Å². The van der Waals surface area contributed by atoms with Gasteiger partial charge in [0.2, 0.25) is 0 Å². The second-order valence-electron chi connectivity index (χ2n) is 4.00. The summed E-state index contributed by atoms with van der Waals surface area (Å²) in [6.45, 7) is 5.94. The second-order valence-corrected chi connectivity index (χ2v) is 4.00. The monoisotopic (exact) mass is 208 g/mol. The van der Waals surface area contributed by atoms with Crippen molar-refractivity contribution >= 4 is 5.97 Å². The van der Waals surface area contributed by atoms with Crippen LogP contribution in [0.3, 0.4) is 0 Å². The number of rotatable bonds is 4. The lowest BCUT2D eigenvalue weighted by Crippen LogP contribution is -2.47. The fourth-order valence-electron chi connectivity index (χ4n) is 1.68. The first-order valence-corrected chi connectivity index (χ1v) is 5.26. The van der Waals surface area contributed by atoms with Crippen LogP contribution in [0, 0.1) is 12.8 Å². The molecule has 0 fully saturated rings. The number of carboxylic acids is 1. The van der Waals surface area contributed by atoms with Crippen LogP contribution in [0.1, 0.15) is 31.9 Å². The second kappa shape index (κ2) is 4.91. The van der Waals surface area contributed by atoms with Crippen molar-refractivity contribution in [3.63, 3.8) is 0 Å². The van der Waals surface area contributed by atoms with E-state index in [0.717, 1.165) is 12.0 Å². The Kier molecular flexibility index (Phi) is 3.83. The number of aliphatic carboxylic acids is 1. The van der Waals surface area contributed by atoms with Crippen LogP contribution in [0.15, 0.2) is 24.5 Å². The normalized spacial score (nSPS) is 14.6. The van der Waals surface area contributed by atoms with Gasteiger partial charge in [-0.05, 0) is 19.4 Å². The Morgan fingerprint density at radius 2 is 2.27 bits per heavy atom. The molecular weight excluding hydrogens is 190 g/mol. The van der Waals surface area contributed by atoms with E-state index in [4.69, 9.17) is 0 Å². The Balaban J connectivity index is 3.04. The van der Waals surface area contributed by atoms with Crippen LogP contribution in [0.4, 0.5) is 0 Å². The van der Waals surface area contributed by atoms with Gasteiger partial charge in [-0.15, -0.1) is 0 Å². The highest BCUT2D eigenvalue weighted by atomic mass is 16.4. The van der Waals surface area contributed by atoms with E-state index in [1.165, 1.54) is 0 Å². The molecule has 3 nitrogen and oxygen atoms in total. The molecule has 0 spiro atoms. The molecule has 3 heteroatoms. The minimum absolute atomic E-state index is 0.134. The van der Waals surface area contributed by atoms with Crippen LogP contribution in [-0.2, 0) is 4.79 Å². The third-order valence-electron chi connectivity index (χ3n) is 2.73. The van der Waals surface area contributed by atoms with Gasteiger partial charge in [0.1, 0.15) is 0 Å². The third kappa shape index (κ3) is 2.78. The molecule has 82 valence electrons. The summed E-state index contributed by atoms with van der Waals surface area (Å²) in [7, 11) is 0. The predicted molar refractivity (Wildman–Crippen MR) is 57.5 cm³/mol. The Morgan fingerprint density at radius 3 is 2.73 bits per heavy atom. The molecule has 1 rings (SSSR count). The molecule has 2 atom stereocenters. The summed E-state index contributed by atoms with van der Waals surface area (Å²) < 4.78 is 1.78. The Morgan fingerprint density at radius 1 is 1.60 bits per heavy atom. The van der Waals surface area contributed by atoms with Crippen LogP contribution in [0.2, 0.25) is 0 Å². The number of carboxylic acid groups (broad SMARTS) is 1. The molecule has 1 heterocycles. The highest BCUT2D eigenvalue weighted by molar-refractivity contribution is 5.70. The number of carbonyl (C=O) groups is 1. The van der Waals surface area contributed by atoms with Crippen LogP contribution in [-0.4, -0.2) is 11.1 Å². The molecule has 0 saturated carbocycles. The molecule has 15 heavy (non-hydrogen) atoms. The molecule has 1 N–H and O–H groups in total. The van der Waals surface area contributed by atoms with Crippen LogP contribution >= 0.6 is 0 Å². The molecule has 1 aromatic heterocycles. The molecule has 0 aliphatic carbocycles. The third-order valence-corrected chi connectivity index (χ3v) is 2.73. The van der Waals surface area contributed by atoms with Gasteiger partial charge in [0, 0.05) is 17.5 Å². The van der Waals surface area contributed by atoms with Crippen molar-refractivity contribution in [2.75, 3.05) is 0 Å². The van der Waals surface area contributed by atoms with Crippen LogP contribution in [0.25, 0.3) is 0 Å². The van der Waals surface area contributed by atoms with Crippen molar-refractivity contribution in [3.05, 3.63) is 30.1 Å². The predicted octanol–water partition coefficient (Wildman–Crippen LogP) is 1.95. The van der Waals surface area contributed by atoms with Gasteiger partial charge in [0.15, 0.2) is 12.4 Å². The van der Waals surface area contributed by atoms with Crippen molar-refractivity contribution in [2.45, 2.75) is 33.2 Å². The molecular formula is C12H18NO2+. The lowest BCUT2D eigenvalue weighted by molar-refractivity contribution is -0.717. The maximum Gasteiger partial charge on any atom is 0.373 e. The van der Waals surface area contributed by atoms with E-state index in [1.54, 1.807) is 4.57 Å². The van der Waals surface area contributed by atoms with Gasteiger partial charge in [0.25, 0.3) is 6.04 Å². The first-order chi connectivity index (χ1) is 7.06. The number of aryl methyl sites for hydroxylation is 1. The SMILES string of the molecule is CC[C@H](C)[C@@H](C(=O)O)[n+]1cccc(C)c1. The maximum atomic E-state index is 11.2. The molecule has 0 amide bonds. The Bertz CT molecular complexity index is 349. The lowest BCUT2D eigenvalue weighted by Gasteiger charge is -2.13. The van der Waals surface area contributed by atoms with Gasteiger partial charge >= 0.3 is 5.97 Å². The number of pyridine rings is 1. The van der Waals surface area contributed by atoms with Crippen molar-refractivity contribution in [1.82, 2.24) is 0 Å². The quantitative estimate of drug-likeness (QED) is 0.768. The summed E-state index contributed by atoms with van der Waals surface area (Å²) in [5.74, 6) is -0.630. The molecule has 0 aliphatic heterocycles. The smallest absolute Gasteiger partial charge is 0.373 e. The zero-order valence-electron chi connectivity index (χ0n) is 9.47. The fraction of sp³-hybridized carbons (Fsp3) is 0.500. The number of aromatic nitrogens is 1. The minimum atomic E-state index is -0.764. The van der Waals surface area contributed by atoms with Crippen LogP contribution < -0.4 is 4.57 Å². The molecule has 0 saturated heterocycles. The van der Waals surface area contributed by atoms with Crippen molar-refractivity contribution in [3.8, 4) is 0 Å². The lowest BCUT2D eigenvalue weighted by atomic mass is 9.99. The highest BCUT2D eigenvalue weighted by Crippen LogP contribution is 2.15. The number of nitrogens with zero attached hydrogens (tertiary/aromatic N) is 1. The summed E-state index contributed by atoms with van der Waals surface area (Å²) in [5.41, 5.74) is 1.08. The van der Waals surface area contributed by atoms with E-state index in [9.17, 15) is 9.90 Å². The fourth-order valence-corrected chi connectivity index (χ4v) is 1.68. The first-order valence-electron chi connectivity index (χ1n) is 5.26. The van der Waals surface area contributed by atoms with Gasteiger partial charge in [0.05, 0.1) is 0 Å². The minimum Gasteiger partial charge on any atom is -0.476 e. The molecule has 0 radical (unpaired) electrons. The van der Waals surface area contributed by atoms with Crippen molar-refractivity contribution in [2.24, 2.45) is 5.92 Å². The topological polar surface area (TPSA) is 41.2 Å². The van der Waals surface area contributed by atoms with Gasteiger partial charge < -0.3 is 5.11 Å². The summed E-state index contributed by atoms with van der Waals surface area (Å²) >= 11 is 0. The van der Waals surface area contributed by atoms with E-state index in [-0.39, 0.29) is 5.92 Å². The Hall–Kier alpha value is -1.38. The number of hydrogen-bond acceptors (Lipinski definition) is 1. The van der Waals surface area contributed by atoms with Crippen molar-refractivity contribution in [1.29, 1.82) is 0 Å². The summed E-state index contributed by atoms with van der Waals surface area (Å²) in [6, 6.07) is 3.38. The van der Waals surface area contributed by atoms with E-state index >= 15 is 0 Å². The molecule has 0 bridgehead atoms. The van der Waals surface area contributed by atoms with Gasteiger partial charge in [-0.2, -0.15) is 4.57 Å². The Labute approximate surface area is 90.4 Å². The highest BCUT2D eigenvalue weighted by Gasteiger charge is 2.32. The first kappa shape index (κ1) is 11.7. The number of hydrogen-bond donors (Lipinski definition) is 1. The maximum absolute atomic E-state index is 11.2. The molecule has 0 aliphatic rings. The van der Waals surface area contributed by atoms with Gasteiger partial charge in [-0.3, -0.25) is 0 Å². The summed E-state index contributed by atoms with van der Waals surface area (Å²) in [4.78, 5) is 11.2. The summed E-state index contributed by atoms with van der Waals surface area (Å²) in [6.07, 6.45) is 4.56. The summed E-state index contributed by atoms with van der Waals surface area (Å²) in [5, 5.41) is 9.20. The van der Waals surface area contributed by atoms with E-state index < -0.39 is 12.0 Å². The van der Waals surface area contributed by atoms with E-state index in [0.29, 0.717) is 0 Å². The van der Waals surface area contributed by atoms with Gasteiger partial charge in [-0.25, -0.2) is 4.79 Å². The van der Waals surface area contributed by atoms with E-state index in [1.807, 2.05) is 45.3 Å². The zero-order valence-corrected chi connectivity index (χ0v) is 9.47. The van der Waals surface area contributed by atoms with Crippen LogP contribution in [0.5, 0.6) is 0 Å². The average molecular weight is 208 g/mol. The van der Waals surface area contributed by atoms with Crippen molar-refractivity contribution < 1.29 is 14.5 Å². The standard InChI is InChI=1S/C12H17NO2/c1-4-10(3)11(12(14)15)13-7-5-6-9(2)8-13/h5-8,10-11H,4H2,1-3H3/p+1/t10-,11-/m0/s1. The molecule has 1 aromatic rings. The largest absolute Gasteiger partial charge is 0.476 e. The zero-order chi connectivity index (χ0) is 11.4. The molecule has 0 unspecified atom stereocenters. The molecule has 0 aromatic carbocycles.